The molecule has 2 N–H and O–H groups in total. The van der Waals surface area contributed by atoms with Gasteiger partial charge in [0.05, 0.1) is 0 Å². The van der Waals surface area contributed by atoms with Crippen LogP contribution in [0, 0.1) is 0 Å². The van der Waals surface area contributed by atoms with Crippen LogP contribution in [0.15, 0.2) is 42.5 Å². The van der Waals surface area contributed by atoms with E-state index in [0.29, 0.717) is 6.61 Å². The van der Waals surface area contributed by atoms with E-state index in [1.54, 1.807) is 0 Å². The SMILES string of the molecule is CCc1ccc(OCc2cccc(N)c2)c(C(C)(C)C)c1. The Morgan fingerprint density at radius 1 is 1.00 bits per heavy atom. The number of ether oxygens (including phenoxy) is 1. The first-order valence-electron chi connectivity index (χ1n) is 7.51. The van der Waals surface area contributed by atoms with Crippen molar-refractivity contribution in [2.45, 2.75) is 46.1 Å². The zero-order chi connectivity index (χ0) is 15.5. The Labute approximate surface area is 127 Å². The number of aryl methyl sites for hydroxylation is 1. The van der Waals surface area contributed by atoms with E-state index in [0.717, 1.165) is 23.4 Å². The second-order valence-corrected chi connectivity index (χ2v) is 6.47. The molecule has 0 heterocycles. The summed E-state index contributed by atoms with van der Waals surface area (Å²) in [5.41, 5.74) is 10.3. The molecular weight excluding hydrogens is 258 g/mol. The Morgan fingerprint density at radius 3 is 2.38 bits per heavy atom. The van der Waals surface area contributed by atoms with Crippen molar-refractivity contribution in [2.75, 3.05) is 5.73 Å². The predicted octanol–water partition coefficient (Wildman–Crippen LogP) is 4.71. The quantitative estimate of drug-likeness (QED) is 0.825. The summed E-state index contributed by atoms with van der Waals surface area (Å²) in [5, 5.41) is 0. The average molecular weight is 283 g/mol. The molecule has 0 bridgehead atoms. The fourth-order valence-electron chi connectivity index (χ4n) is 2.35. The van der Waals surface area contributed by atoms with E-state index in [2.05, 4.69) is 45.9 Å². The van der Waals surface area contributed by atoms with E-state index in [9.17, 15) is 0 Å². The monoisotopic (exact) mass is 283 g/mol. The van der Waals surface area contributed by atoms with Gasteiger partial charge in [0, 0.05) is 5.69 Å². The Morgan fingerprint density at radius 2 is 1.76 bits per heavy atom. The van der Waals surface area contributed by atoms with Gasteiger partial charge in [0.2, 0.25) is 0 Å². The minimum absolute atomic E-state index is 0.0657. The minimum atomic E-state index is 0.0657. The van der Waals surface area contributed by atoms with Gasteiger partial charge < -0.3 is 10.5 Å². The maximum Gasteiger partial charge on any atom is 0.123 e. The number of rotatable bonds is 4. The molecular formula is C19H25NO. The largest absolute Gasteiger partial charge is 0.489 e. The lowest BCUT2D eigenvalue weighted by Gasteiger charge is -2.23. The zero-order valence-corrected chi connectivity index (χ0v) is 13.4. The van der Waals surface area contributed by atoms with Gasteiger partial charge in [-0.25, -0.2) is 0 Å². The lowest BCUT2D eigenvalue weighted by Crippen LogP contribution is -2.14. The van der Waals surface area contributed by atoms with Crippen LogP contribution in [0.4, 0.5) is 5.69 Å². The molecule has 0 aliphatic carbocycles. The molecule has 0 saturated carbocycles. The van der Waals surface area contributed by atoms with Gasteiger partial charge in [-0.05, 0) is 46.7 Å². The molecule has 0 atom stereocenters. The maximum atomic E-state index is 6.05. The van der Waals surface area contributed by atoms with E-state index in [-0.39, 0.29) is 5.41 Å². The first-order chi connectivity index (χ1) is 9.90. The molecule has 0 aromatic heterocycles. The van der Waals surface area contributed by atoms with Gasteiger partial charge in [-0.3, -0.25) is 0 Å². The normalized spacial score (nSPS) is 11.4. The molecule has 0 spiro atoms. The molecule has 0 fully saturated rings. The summed E-state index contributed by atoms with van der Waals surface area (Å²) in [6.07, 6.45) is 1.04. The summed E-state index contributed by atoms with van der Waals surface area (Å²) in [7, 11) is 0. The Bertz CT molecular complexity index is 611. The van der Waals surface area contributed by atoms with Gasteiger partial charge in [0.15, 0.2) is 0 Å². The first-order valence-corrected chi connectivity index (χ1v) is 7.51. The molecule has 2 aromatic carbocycles. The lowest BCUT2D eigenvalue weighted by molar-refractivity contribution is 0.297. The van der Waals surface area contributed by atoms with E-state index in [1.807, 2.05) is 24.3 Å². The number of nitrogens with two attached hydrogens (primary N) is 1. The zero-order valence-electron chi connectivity index (χ0n) is 13.4. The van der Waals surface area contributed by atoms with Crippen LogP contribution >= 0.6 is 0 Å². The predicted molar refractivity (Wildman–Crippen MR) is 89.7 cm³/mol. The molecule has 2 nitrogen and oxygen atoms in total. The van der Waals surface area contributed by atoms with Gasteiger partial charge >= 0.3 is 0 Å². The fourth-order valence-corrected chi connectivity index (χ4v) is 2.35. The highest BCUT2D eigenvalue weighted by Gasteiger charge is 2.19. The van der Waals surface area contributed by atoms with Crippen molar-refractivity contribution in [1.29, 1.82) is 0 Å². The van der Waals surface area contributed by atoms with Crippen molar-refractivity contribution in [3.8, 4) is 5.75 Å². The van der Waals surface area contributed by atoms with Crippen molar-refractivity contribution < 1.29 is 4.74 Å². The highest BCUT2D eigenvalue weighted by molar-refractivity contribution is 5.43. The number of hydrogen-bond acceptors (Lipinski definition) is 2. The molecule has 21 heavy (non-hydrogen) atoms. The van der Waals surface area contributed by atoms with E-state index < -0.39 is 0 Å². The summed E-state index contributed by atoms with van der Waals surface area (Å²) in [6, 6.07) is 14.3. The molecule has 0 aliphatic rings. The van der Waals surface area contributed by atoms with Crippen LogP contribution in [0.5, 0.6) is 5.75 Å². The van der Waals surface area contributed by atoms with E-state index >= 15 is 0 Å². The minimum Gasteiger partial charge on any atom is -0.489 e. The van der Waals surface area contributed by atoms with Gasteiger partial charge in [-0.1, -0.05) is 52.0 Å². The van der Waals surface area contributed by atoms with Crippen molar-refractivity contribution in [3.05, 3.63) is 59.2 Å². The van der Waals surface area contributed by atoms with Gasteiger partial charge in [-0.2, -0.15) is 0 Å². The van der Waals surface area contributed by atoms with Crippen LogP contribution in [0.1, 0.15) is 44.4 Å². The average Bonchev–Trinajstić information content (AvgIpc) is 2.44. The smallest absolute Gasteiger partial charge is 0.123 e. The van der Waals surface area contributed by atoms with Crippen LogP contribution in [0.25, 0.3) is 0 Å². The Balaban J connectivity index is 2.23. The van der Waals surface area contributed by atoms with Crippen molar-refractivity contribution in [1.82, 2.24) is 0 Å². The molecule has 0 aliphatic heterocycles. The number of benzene rings is 2. The molecule has 0 radical (unpaired) electrons. The molecule has 0 unspecified atom stereocenters. The molecule has 0 amide bonds. The molecule has 2 heteroatoms. The summed E-state index contributed by atoms with van der Waals surface area (Å²) in [6.45, 7) is 9.37. The van der Waals surface area contributed by atoms with Crippen LogP contribution in [-0.2, 0) is 18.4 Å². The maximum absolute atomic E-state index is 6.05. The second kappa shape index (κ2) is 6.21. The summed E-state index contributed by atoms with van der Waals surface area (Å²) >= 11 is 0. The summed E-state index contributed by atoms with van der Waals surface area (Å²) in [4.78, 5) is 0. The molecule has 112 valence electrons. The van der Waals surface area contributed by atoms with Gasteiger partial charge in [0.1, 0.15) is 12.4 Å². The highest BCUT2D eigenvalue weighted by atomic mass is 16.5. The number of anilines is 1. The van der Waals surface area contributed by atoms with Crippen molar-refractivity contribution in [3.63, 3.8) is 0 Å². The Kier molecular flexibility index (Phi) is 4.56. The van der Waals surface area contributed by atoms with E-state index in [4.69, 9.17) is 10.5 Å². The topological polar surface area (TPSA) is 35.2 Å². The fraction of sp³-hybridized carbons (Fsp3) is 0.368. The molecule has 2 aromatic rings. The van der Waals surface area contributed by atoms with Gasteiger partial charge in [-0.15, -0.1) is 0 Å². The third-order valence-electron chi connectivity index (χ3n) is 3.61. The van der Waals surface area contributed by atoms with Gasteiger partial charge in [0.25, 0.3) is 0 Å². The number of hydrogen-bond donors (Lipinski definition) is 1. The standard InChI is InChI=1S/C19H25NO/c1-5-14-9-10-18(17(12-14)19(2,3)4)21-13-15-7-6-8-16(20)11-15/h6-12H,5,13,20H2,1-4H3. The Hall–Kier alpha value is -1.96. The van der Waals surface area contributed by atoms with Crippen molar-refractivity contribution >= 4 is 5.69 Å². The summed E-state index contributed by atoms with van der Waals surface area (Å²) in [5.74, 6) is 0.960. The molecule has 2 rings (SSSR count). The summed E-state index contributed by atoms with van der Waals surface area (Å²) < 4.78 is 6.05. The van der Waals surface area contributed by atoms with Crippen LogP contribution in [-0.4, -0.2) is 0 Å². The third kappa shape index (κ3) is 4.01. The molecule has 0 saturated heterocycles. The lowest BCUT2D eigenvalue weighted by atomic mass is 9.85. The van der Waals surface area contributed by atoms with E-state index in [1.165, 1.54) is 11.1 Å². The van der Waals surface area contributed by atoms with Crippen LogP contribution in [0.3, 0.4) is 0 Å². The number of nitrogen functional groups attached to an aromatic ring is 1. The van der Waals surface area contributed by atoms with Crippen LogP contribution in [0.2, 0.25) is 0 Å². The second-order valence-electron chi connectivity index (χ2n) is 6.47. The van der Waals surface area contributed by atoms with Crippen LogP contribution < -0.4 is 10.5 Å². The highest BCUT2D eigenvalue weighted by Crippen LogP contribution is 2.33. The third-order valence-corrected chi connectivity index (χ3v) is 3.61. The van der Waals surface area contributed by atoms with Crippen molar-refractivity contribution in [2.24, 2.45) is 0 Å². The first kappa shape index (κ1) is 15.4.